The molecular formula is C21H19N. The van der Waals surface area contributed by atoms with Crippen molar-refractivity contribution in [1.82, 2.24) is 0 Å². The summed E-state index contributed by atoms with van der Waals surface area (Å²) in [6, 6.07) is 29.2. The predicted octanol–water partition coefficient (Wildman–Crippen LogP) is 5.22. The zero-order valence-corrected chi connectivity index (χ0v) is 12.5. The minimum Gasteiger partial charge on any atom is -0.256 e. The summed E-state index contributed by atoms with van der Waals surface area (Å²) in [7, 11) is 0. The van der Waals surface area contributed by atoms with Gasteiger partial charge in [-0.2, -0.15) is 0 Å². The first-order valence-electron chi connectivity index (χ1n) is 7.63. The molecule has 0 heterocycles. The number of nitrogens with zero attached hydrogens (tertiary/aromatic N) is 1. The Bertz CT molecular complexity index is 730. The molecule has 0 unspecified atom stereocenters. The first-order chi connectivity index (χ1) is 10.9. The van der Waals surface area contributed by atoms with Gasteiger partial charge in [0.15, 0.2) is 0 Å². The van der Waals surface area contributed by atoms with Gasteiger partial charge in [-0.3, -0.25) is 4.99 Å². The van der Waals surface area contributed by atoms with Gasteiger partial charge in [0.05, 0.1) is 5.69 Å². The van der Waals surface area contributed by atoms with E-state index < -0.39 is 0 Å². The van der Waals surface area contributed by atoms with Crippen LogP contribution in [0.15, 0.2) is 89.9 Å². The van der Waals surface area contributed by atoms with Crippen LogP contribution in [0.5, 0.6) is 0 Å². The van der Waals surface area contributed by atoms with Crippen molar-refractivity contribution in [3.63, 3.8) is 0 Å². The van der Waals surface area contributed by atoms with E-state index in [9.17, 15) is 0 Å². The fraction of sp³-hybridized carbons (Fsp3) is 0.0952. The largest absolute Gasteiger partial charge is 0.256 e. The molecule has 0 aliphatic rings. The number of hydrogen-bond acceptors (Lipinski definition) is 1. The molecule has 0 fully saturated rings. The standard InChI is InChI=1S/C21H19N/c1-3-9-18(10-4-1)15-16-19-11-7-8-12-20(19)17-22-21-13-5-2-6-14-21/h1-14,17H,15-16H2. The van der Waals surface area contributed by atoms with Gasteiger partial charge in [-0.25, -0.2) is 0 Å². The highest BCUT2D eigenvalue weighted by Crippen LogP contribution is 2.14. The van der Waals surface area contributed by atoms with Crippen LogP contribution >= 0.6 is 0 Å². The van der Waals surface area contributed by atoms with Crippen molar-refractivity contribution in [3.05, 3.63) is 102 Å². The summed E-state index contributed by atoms with van der Waals surface area (Å²) in [5.74, 6) is 0. The molecule has 3 aromatic carbocycles. The van der Waals surface area contributed by atoms with Crippen LogP contribution in [0.25, 0.3) is 0 Å². The van der Waals surface area contributed by atoms with Crippen molar-refractivity contribution >= 4 is 11.9 Å². The minimum absolute atomic E-state index is 0.986. The summed E-state index contributed by atoms with van der Waals surface area (Å²) >= 11 is 0. The van der Waals surface area contributed by atoms with Crippen LogP contribution in [0.2, 0.25) is 0 Å². The van der Waals surface area contributed by atoms with Gasteiger partial charge in [0.1, 0.15) is 0 Å². The lowest BCUT2D eigenvalue weighted by molar-refractivity contribution is 0.958. The lowest BCUT2D eigenvalue weighted by atomic mass is 10.0. The molecule has 0 N–H and O–H groups in total. The molecule has 0 aromatic heterocycles. The Hall–Kier alpha value is -2.67. The summed E-state index contributed by atoms with van der Waals surface area (Å²) in [6.07, 6.45) is 4.05. The number of aliphatic imine (C=N–C) groups is 1. The first-order valence-corrected chi connectivity index (χ1v) is 7.63. The van der Waals surface area contributed by atoms with Crippen LogP contribution in [-0.4, -0.2) is 6.21 Å². The van der Waals surface area contributed by atoms with Gasteiger partial charge in [-0.1, -0.05) is 72.8 Å². The van der Waals surface area contributed by atoms with E-state index in [1.165, 1.54) is 16.7 Å². The molecule has 0 saturated carbocycles. The summed E-state index contributed by atoms with van der Waals surface area (Å²) in [5.41, 5.74) is 4.89. The Morgan fingerprint density at radius 2 is 1.27 bits per heavy atom. The van der Waals surface area contributed by atoms with E-state index in [1.54, 1.807) is 0 Å². The van der Waals surface area contributed by atoms with Gasteiger partial charge < -0.3 is 0 Å². The molecule has 0 radical (unpaired) electrons. The predicted molar refractivity (Wildman–Crippen MR) is 94.0 cm³/mol. The summed E-state index contributed by atoms with van der Waals surface area (Å²) < 4.78 is 0. The second-order valence-corrected chi connectivity index (χ2v) is 5.28. The Balaban J connectivity index is 1.74. The number of rotatable bonds is 5. The summed E-state index contributed by atoms with van der Waals surface area (Å²) in [4.78, 5) is 4.57. The molecule has 3 rings (SSSR count). The van der Waals surface area contributed by atoms with Crippen LogP contribution < -0.4 is 0 Å². The SMILES string of the molecule is C(=Nc1ccccc1)c1ccccc1CCc1ccccc1. The van der Waals surface area contributed by atoms with Crippen LogP contribution in [-0.2, 0) is 12.8 Å². The third-order valence-electron chi connectivity index (χ3n) is 3.69. The molecule has 3 aromatic rings. The van der Waals surface area contributed by atoms with E-state index in [4.69, 9.17) is 0 Å². The van der Waals surface area contributed by atoms with E-state index in [0.717, 1.165) is 18.5 Å². The maximum atomic E-state index is 4.57. The molecule has 0 saturated heterocycles. The van der Waals surface area contributed by atoms with E-state index in [-0.39, 0.29) is 0 Å². The highest BCUT2D eigenvalue weighted by molar-refractivity contribution is 5.83. The Kier molecular flexibility index (Phi) is 4.78. The molecule has 0 atom stereocenters. The molecule has 0 aliphatic carbocycles. The Morgan fingerprint density at radius 3 is 2.05 bits per heavy atom. The lowest BCUT2D eigenvalue weighted by Gasteiger charge is -2.06. The fourth-order valence-corrected chi connectivity index (χ4v) is 2.47. The zero-order valence-electron chi connectivity index (χ0n) is 12.5. The third kappa shape index (κ3) is 3.92. The van der Waals surface area contributed by atoms with E-state index in [1.807, 2.05) is 36.5 Å². The smallest absolute Gasteiger partial charge is 0.0629 e. The fourth-order valence-electron chi connectivity index (χ4n) is 2.47. The van der Waals surface area contributed by atoms with Gasteiger partial charge in [0, 0.05) is 6.21 Å². The lowest BCUT2D eigenvalue weighted by Crippen LogP contribution is -1.96. The monoisotopic (exact) mass is 285 g/mol. The normalized spacial score (nSPS) is 10.9. The van der Waals surface area contributed by atoms with Gasteiger partial charge >= 0.3 is 0 Å². The van der Waals surface area contributed by atoms with Crippen molar-refractivity contribution in [1.29, 1.82) is 0 Å². The molecule has 1 heteroatoms. The van der Waals surface area contributed by atoms with Crippen molar-refractivity contribution in [2.45, 2.75) is 12.8 Å². The Morgan fingerprint density at radius 1 is 0.636 bits per heavy atom. The van der Waals surface area contributed by atoms with E-state index in [0.29, 0.717) is 0 Å². The molecular weight excluding hydrogens is 266 g/mol. The summed E-state index contributed by atoms with van der Waals surface area (Å²) in [6.45, 7) is 0. The van der Waals surface area contributed by atoms with Crippen LogP contribution in [0.4, 0.5) is 5.69 Å². The maximum absolute atomic E-state index is 4.57. The number of benzene rings is 3. The van der Waals surface area contributed by atoms with Crippen molar-refractivity contribution < 1.29 is 0 Å². The van der Waals surface area contributed by atoms with E-state index >= 15 is 0 Å². The minimum atomic E-state index is 0.986. The average molecular weight is 285 g/mol. The highest BCUT2D eigenvalue weighted by atomic mass is 14.7. The van der Waals surface area contributed by atoms with Crippen LogP contribution in [0.3, 0.4) is 0 Å². The maximum Gasteiger partial charge on any atom is 0.0629 e. The van der Waals surface area contributed by atoms with Crippen molar-refractivity contribution in [2.24, 2.45) is 4.99 Å². The number of aryl methyl sites for hydroxylation is 2. The molecule has 0 aliphatic heterocycles. The highest BCUT2D eigenvalue weighted by Gasteiger charge is 2.00. The topological polar surface area (TPSA) is 12.4 Å². The molecule has 0 bridgehead atoms. The molecule has 1 nitrogen and oxygen atoms in total. The van der Waals surface area contributed by atoms with Gasteiger partial charge in [-0.05, 0) is 41.7 Å². The van der Waals surface area contributed by atoms with Crippen molar-refractivity contribution in [2.75, 3.05) is 0 Å². The third-order valence-corrected chi connectivity index (χ3v) is 3.69. The second-order valence-electron chi connectivity index (χ2n) is 5.28. The second kappa shape index (κ2) is 7.37. The quantitative estimate of drug-likeness (QED) is 0.570. The van der Waals surface area contributed by atoms with Crippen LogP contribution in [0.1, 0.15) is 16.7 Å². The van der Waals surface area contributed by atoms with E-state index in [2.05, 4.69) is 59.6 Å². The molecule has 0 spiro atoms. The molecule has 108 valence electrons. The van der Waals surface area contributed by atoms with Gasteiger partial charge in [-0.15, -0.1) is 0 Å². The molecule has 0 amide bonds. The first kappa shape index (κ1) is 14.3. The summed E-state index contributed by atoms with van der Waals surface area (Å²) in [5, 5.41) is 0. The number of hydrogen-bond donors (Lipinski definition) is 0. The van der Waals surface area contributed by atoms with Gasteiger partial charge in [0.25, 0.3) is 0 Å². The van der Waals surface area contributed by atoms with Crippen LogP contribution in [0, 0.1) is 0 Å². The Labute approximate surface area is 132 Å². The number of para-hydroxylation sites is 1. The van der Waals surface area contributed by atoms with Gasteiger partial charge in [0.2, 0.25) is 0 Å². The average Bonchev–Trinajstić information content (AvgIpc) is 2.61. The zero-order chi connectivity index (χ0) is 15.0. The van der Waals surface area contributed by atoms with Crippen molar-refractivity contribution in [3.8, 4) is 0 Å². The molecule has 22 heavy (non-hydrogen) atoms.